The monoisotopic (exact) mass is 285 g/mol. The van der Waals surface area contributed by atoms with E-state index in [2.05, 4.69) is 9.97 Å². The highest BCUT2D eigenvalue weighted by molar-refractivity contribution is 5.67. The molecule has 1 amide bonds. The molecule has 0 radical (unpaired) electrons. The Balaban J connectivity index is 1.47. The predicted molar refractivity (Wildman–Crippen MR) is 78.8 cm³/mol. The molecule has 5 nitrogen and oxygen atoms in total. The fourth-order valence-corrected chi connectivity index (χ4v) is 2.65. The van der Waals surface area contributed by atoms with E-state index in [-0.39, 0.29) is 6.09 Å². The fraction of sp³-hybridized carbons (Fsp3) is 0.375. The van der Waals surface area contributed by atoms with E-state index in [0.29, 0.717) is 12.5 Å². The normalized spacial score (nSPS) is 15.9. The van der Waals surface area contributed by atoms with Gasteiger partial charge in [0.1, 0.15) is 12.4 Å². The zero-order chi connectivity index (χ0) is 14.5. The minimum atomic E-state index is -0.225. The van der Waals surface area contributed by atoms with Gasteiger partial charge in [0.2, 0.25) is 0 Å². The van der Waals surface area contributed by atoms with Gasteiger partial charge in [-0.1, -0.05) is 30.3 Å². The van der Waals surface area contributed by atoms with E-state index in [1.54, 1.807) is 11.1 Å². The SMILES string of the molecule is O=C(OCc1ccccc1)N1CCC(c2ncc[nH]2)CC1. The Hall–Kier alpha value is -2.30. The van der Waals surface area contributed by atoms with Crippen LogP contribution in [-0.2, 0) is 11.3 Å². The maximum absolute atomic E-state index is 12.0. The van der Waals surface area contributed by atoms with Crippen LogP contribution in [0.15, 0.2) is 42.7 Å². The molecule has 0 spiro atoms. The Labute approximate surface area is 124 Å². The number of aromatic amines is 1. The number of nitrogens with zero attached hydrogens (tertiary/aromatic N) is 2. The lowest BCUT2D eigenvalue weighted by atomic mass is 9.96. The summed E-state index contributed by atoms with van der Waals surface area (Å²) in [6.45, 7) is 1.77. The molecule has 0 bridgehead atoms. The Morgan fingerprint density at radius 2 is 2.05 bits per heavy atom. The summed E-state index contributed by atoms with van der Waals surface area (Å²) in [5.41, 5.74) is 1.01. The molecule has 1 aliphatic rings. The molecule has 0 unspecified atom stereocenters. The summed E-state index contributed by atoms with van der Waals surface area (Å²) in [7, 11) is 0. The van der Waals surface area contributed by atoms with Crippen molar-refractivity contribution < 1.29 is 9.53 Å². The lowest BCUT2D eigenvalue weighted by Crippen LogP contribution is -2.38. The van der Waals surface area contributed by atoms with Gasteiger partial charge in [-0.05, 0) is 18.4 Å². The van der Waals surface area contributed by atoms with E-state index >= 15 is 0 Å². The highest BCUT2D eigenvalue weighted by atomic mass is 16.6. The first-order chi connectivity index (χ1) is 10.3. The molecule has 1 aliphatic heterocycles. The van der Waals surface area contributed by atoms with Crippen LogP contribution in [0.25, 0.3) is 0 Å². The molecule has 2 aromatic rings. The van der Waals surface area contributed by atoms with Gasteiger partial charge in [0.15, 0.2) is 0 Å². The van der Waals surface area contributed by atoms with Crippen LogP contribution in [-0.4, -0.2) is 34.1 Å². The van der Waals surface area contributed by atoms with Gasteiger partial charge in [0.05, 0.1) is 0 Å². The average molecular weight is 285 g/mol. The minimum Gasteiger partial charge on any atom is -0.445 e. The maximum atomic E-state index is 12.0. The summed E-state index contributed by atoms with van der Waals surface area (Å²) in [6, 6.07) is 9.74. The molecular formula is C16H19N3O2. The number of ether oxygens (including phenoxy) is 1. The Bertz CT molecular complexity index is 560. The second-order valence-corrected chi connectivity index (χ2v) is 5.28. The number of imidazole rings is 1. The van der Waals surface area contributed by atoms with Crippen LogP contribution < -0.4 is 0 Å². The molecule has 5 heteroatoms. The Kier molecular flexibility index (Phi) is 4.19. The molecule has 1 aromatic heterocycles. The largest absolute Gasteiger partial charge is 0.445 e. The summed E-state index contributed by atoms with van der Waals surface area (Å²) in [5.74, 6) is 1.44. The third kappa shape index (κ3) is 3.42. The number of H-pyrrole nitrogens is 1. The number of likely N-dealkylation sites (tertiary alicyclic amines) is 1. The molecule has 110 valence electrons. The molecule has 1 saturated heterocycles. The van der Waals surface area contributed by atoms with Crippen LogP contribution in [0.1, 0.15) is 30.1 Å². The first-order valence-corrected chi connectivity index (χ1v) is 7.28. The van der Waals surface area contributed by atoms with Crippen molar-refractivity contribution in [3.63, 3.8) is 0 Å². The summed E-state index contributed by atoms with van der Waals surface area (Å²) in [4.78, 5) is 21.3. The highest BCUT2D eigenvalue weighted by Gasteiger charge is 2.25. The van der Waals surface area contributed by atoms with Gasteiger partial charge in [0, 0.05) is 31.4 Å². The quantitative estimate of drug-likeness (QED) is 0.943. The number of aromatic nitrogens is 2. The summed E-state index contributed by atoms with van der Waals surface area (Å²) >= 11 is 0. The van der Waals surface area contributed by atoms with Crippen LogP contribution >= 0.6 is 0 Å². The van der Waals surface area contributed by atoms with E-state index in [1.807, 2.05) is 36.5 Å². The maximum Gasteiger partial charge on any atom is 0.410 e. The second-order valence-electron chi connectivity index (χ2n) is 5.28. The fourth-order valence-electron chi connectivity index (χ4n) is 2.65. The molecule has 0 saturated carbocycles. The zero-order valence-electron chi connectivity index (χ0n) is 11.9. The lowest BCUT2D eigenvalue weighted by Gasteiger charge is -2.30. The number of rotatable bonds is 3. The summed E-state index contributed by atoms with van der Waals surface area (Å²) in [6.07, 6.45) is 5.24. The van der Waals surface area contributed by atoms with Crippen molar-refractivity contribution in [2.75, 3.05) is 13.1 Å². The second kappa shape index (κ2) is 6.43. The third-order valence-corrected chi connectivity index (χ3v) is 3.86. The number of nitrogens with one attached hydrogen (secondary N) is 1. The van der Waals surface area contributed by atoms with Crippen molar-refractivity contribution in [2.24, 2.45) is 0 Å². The van der Waals surface area contributed by atoms with Crippen molar-refractivity contribution in [1.29, 1.82) is 0 Å². The van der Waals surface area contributed by atoms with Gasteiger partial charge in [-0.2, -0.15) is 0 Å². The molecule has 2 heterocycles. The zero-order valence-corrected chi connectivity index (χ0v) is 11.9. The number of piperidine rings is 1. The number of hydrogen-bond donors (Lipinski definition) is 1. The van der Waals surface area contributed by atoms with Crippen molar-refractivity contribution in [3.8, 4) is 0 Å². The standard InChI is InChI=1S/C16H19N3O2/c20-16(21-12-13-4-2-1-3-5-13)19-10-6-14(7-11-19)15-17-8-9-18-15/h1-5,8-9,14H,6-7,10-12H2,(H,17,18). The number of carbonyl (C=O) groups excluding carboxylic acids is 1. The van der Waals surface area contributed by atoms with E-state index in [4.69, 9.17) is 4.74 Å². The van der Waals surface area contributed by atoms with Gasteiger partial charge >= 0.3 is 6.09 Å². The Morgan fingerprint density at radius 1 is 1.29 bits per heavy atom. The molecule has 3 rings (SSSR count). The van der Waals surface area contributed by atoms with E-state index in [0.717, 1.165) is 37.3 Å². The first kappa shape index (κ1) is 13.7. The van der Waals surface area contributed by atoms with Crippen molar-refractivity contribution >= 4 is 6.09 Å². The van der Waals surface area contributed by atoms with Crippen molar-refractivity contribution in [1.82, 2.24) is 14.9 Å². The average Bonchev–Trinajstić information content (AvgIpc) is 3.08. The smallest absolute Gasteiger partial charge is 0.410 e. The molecule has 0 aliphatic carbocycles. The van der Waals surface area contributed by atoms with Crippen molar-refractivity contribution in [2.45, 2.75) is 25.4 Å². The predicted octanol–water partition coefficient (Wildman–Crippen LogP) is 2.93. The minimum absolute atomic E-state index is 0.225. The Morgan fingerprint density at radius 3 is 2.71 bits per heavy atom. The highest BCUT2D eigenvalue weighted by Crippen LogP contribution is 2.25. The van der Waals surface area contributed by atoms with Crippen LogP contribution in [0.3, 0.4) is 0 Å². The molecule has 1 fully saturated rings. The van der Waals surface area contributed by atoms with E-state index < -0.39 is 0 Å². The van der Waals surface area contributed by atoms with Crippen LogP contribution in [0.2, 0.25) is 0 Å². The molecule has 1 aromatic carbocycles. The van der Waals surface area contributed by atoms with Gasteiger partial charge in [0.25, 0.3) is 0 Å². The topological polar surface area (TPSA) is 58.2 Å². The van der Waals surface area contributed by atoms with Crippen LogP contribution in [0, 0.1) is 0 Å². The van der Waals surface area contributed by atoms with Gasteiger partial charge in [-0.15, -0.1) is 0 Å². The first-order valence-electron chi connectivity index (χ1n) is 7.28. The molecule has 0 atom stereocenters. The van der Waals surface area contributed by atoms with Gasteiger partial charge in [-0.3, -0.25) is 0 Å². The molecule has 21 heavy (non-hydrogen) atoms. The number of carbonyl (C=O) groups is 1. The van der Waals surface area contributed by atoms with E-state index in [9.17, 15) is 4.79 Å². The van der Waals surface area contributed by atoms with Crippen LogP contribution in [0.5, 0.6) is 0 Å². The number of amides is 1. The van der Waals surface area contributed by atoms with E-state index in [1.165, 1.54) is 0 Å². The molecular weight excluding hydrogens is 266 g/mol. The lowest BCUT2D eigenvalue weighted by molar-refractivity contribution is 0.0866. The van der Waals surface area contributed by atoms with Gasteiger partial charge in [-0.25, -0.2) is 9.78 Å². The number of hydrogen-bond acceptors (Lipinski definition) is 3. The summed E-state index contributed by atoms with van der Waals surface area (Å²) in [5, 5.41) is 0. The number of benzene rings is 1. The van der Waals surface area contributed by atoms with Crippen molar-refractivity contribution in [3.05, 3.63) is 54.1 Å². The van der Waals surface area contributed by atoms with Crippen LogP contribution in [0.4, 0.5) is 4.79 Å². The third-order valence-electron chi connectivity index (χ3n) is 3.86. The molecule has 1 N–H and O–H groups in total. The van der Waals surface area contributed by atoms with Gasteiger partial charge < -0.3 is 14.6 Å². The summed E-state index contributed by atoms with van der Waals surface area (Å²) < 4.78 is 5.36.